The highest BCUT2D eigenvalue weighted by atomic mass is 32.1. The maximum atomic E-state index is 16.2. The molecule has 0 aliphatic carbocycles. The summed E-state index contributed by atoms with van der Waals surface area (Å²) in [5.74, 6) is -3.80. The molecule has 3 aromatic heterocycles. The first-order valence-corrected chi connectivity index (χ1v) is 28.2. The summed E-state index contributed by atoms with van der Waals surface area (Å²) in [6.45, 7) is 13.3. The van der Waals surface area contributed by atoms with Crippen LogP contribution in [0.4, 0.5) is 34.9 Å². The summed E-state index contributed by atoms with van der Waals surface area (Å²) >= 11 is 1.54. The molecule has 83 heavy (non-hydrogen) atoms. The van der Waals surface area contributed by atoms with Crippen molar-refractivity contribution < 1.29 is 51.4 Å². The number of carbonyl (C=O) groups excluding carboxylic acids is 6. The zero-order valence-electron chi connectivity index (χ0n) is 47.2. The van der Waals surface area contributed by atoms with Gasteiger partial charge in [-0.25, -0.2) is 19.3 Å². The summed E-state index contributed by atoms with van der Waals surface area (Å²) in [4.78, 5) is 117. The van der Waals surface area contributed by atoms with E-state index >= 15 is 4.39 Å². The van der Waals surface area contributed by atoms with Gasteiger partial charge in [0.15, 0.2) is 0 Å². The minimum atomic E-state index is -5.02. The van der Waals surface area contributed by atoms with Crippen LogP contribution in [-0.4, -0.2) is 165 Å². The van der Waals surface area contributed by atoms with Crippen molar-refractivity contribution in [1.82, 2.24) is 50.6 Å². The molecule has 26 heteroatoms. The molecule has 3 aliphatic rings. The summed E-state index contributed by atoms with van der Waals surface area (Å²) in [6.07, 6.45) is -2.92. The number of nitrogens with zero attached hydrogens (tertiary/aromatic N) is 8. The van der Waals surface area contributed by atoms with E-state index in [-0.39, 0.29) is 105 Å². The first-order chi connectivity index (χ1) is 39.2. The number of hydrogen-bond acceptors (Lipinski definition) is 15. The lowest BCUT2D eigenvalue weighted by Crippen LogP contribution is -2.57. The number of benzene rings is 2. The quantitative estimate of drug-likeness (QED) is 0.0674. The van der Waals surface area contributed by atoms with Crippen molar-refractivity contribution in [2.45, 2.75) is 110 Å². The summed E-state index contributed by atoms with van der Waals surface area (Å²) in [7, 11) is 1.95. The lowest BCUT2D eigenvalue weighted by atomic mass is 9.85. The third-order valence-electron chi connectivity index (χ3n) is 15.3. The number of hydrogen-bond donors (Lipinski definition) is 6. The average molecular weight is 1170 g/mol. The van der Waals surface area contributed by atoms with Crippen LogP contribution in [0.2, 0.25) is 0 Å². The van der Waals surface area contributed by atoms with E-state index < -0.39 is 81.8 Å². The number of aromatic nitrogens is 4. The van der Waals surface area contributed by atoms with Crippen LogP contribution in [0.5, 0.6) is 0 Å². The Balaban J connectivity index is 0.802. The van der Waals surface area contributed by atoms with Crippen LogP contribution in [0.25, 0.3) is 21.6 Å². The van der Waals surface area contributed by atoms with Crippen LogP contribution in [0.3, 0.4) is 0 Å². The van der Waals surface area contributed by atoms with E-state index in [1.165, 1.54) is 29.4 Å². The van der Waals surface area contributed by atoms with Crippen molar-refractivity contribution in [3.05, 3.63) is 105 Å². The van der Waals surface area contributed by atoms with Crippen LogP contribution >= 0.6 is 11.3 Å². The second-order valence-electron chi connectivity index (χ2n) is 22.4. The summed E-state index contributed by atoms with van der Waals surface area (Å²) in [5, 5.41) is 21.5. The number of likely N-dealkylation sites (N-methyl/N-ethyl adjacent to an activating group) is 1. The second kappa shape index (κ2) is 25.7. The molecule has 444 valence electrons. The van der Waals surface area contributed by atoms with Crippen LogP contribution in [-0.2, 0) is 36.7 Å². The highest BCUT2D eigenvalue weighted by Gasteiger charge is 2.45. The van der Waals surface area contributed by atoms with Gasteiger partial charge in [0, 0.05) is 132 Å². The lowest BCUT2D eigenvalue weighted by Gasteiger charge is -2.44. The third kappa shape index (κ3) is 14.9. The largest absolute Gasteiger partial charge is 0.417 e. The van der Waals surface area contributed by atoms with Crippen molar-refractivity contribution >= 4 is 64.1 Å². The highest BCUT2D eigenvalue weighted by molar-refractivity contribution is 7.13. The van der Waals surface area contributed by atoms with Crippen LogP contribution in [0, 0.1) is 18.2 Å². The predicted molar refractivity (Wildman–Crippen MR) is 304 cm³/mol. The van der Waals surface area contributed by atoms with Crippen molar-refractivity contribution in [1.29, 1.82) is 0 Å². The van der Waals surface area contributed by atoms with Gasteiger partial charge >= 0.3 is 6.18 Å². The number of alkyl halides is 3. The monoisotopic (exact) mass is 1170 g/mol. The van der Waals surface area contributed by atoms with Crippen molar-refractivity contribution in [3.63, 3.8) is 0 Å². The summed E-state index contributed by atoms with van der Waals surface area (Å²) in [6, 6.07) is 8.53. The number of H-pyrrole nitrogens is 1. The molecule has 0 radical (unpaired) electrons. The smallest absolute Gasteiger partial charge is 0.391 e. The van der Waals surface area contributed by atoms with Gasteiger partial charge in [-0.15, -0.1) is 11.3 Å². The number of aliphatic hydroxyl groups excluding tert-OH is 1. The molecule has 0 spiro atoms. The standard InChI is InChI=1S/C57H69F4N13O8S/c1-32-28-73(29-33(2)70(32)7)44-23-42(58)39(21-43(44)68-52(80)40-27-63-48(78)22-41(40)57(59,60)61)37-25-65-55(66-26-37)72-18-16-71(17-19-72)49(79)13-12-46(76)62-15-14-47(77)69-51(56(4,5)6)54(82)74-30-38(75)20-45(74)53(81)64-24-35-8-10-36(11-9-35)50-34(3)67-31-83-50/h8-11,21-23,25-27,31-33,38,45,51,75H,12-20,24,28-30H2,1-7H3,(H,62,76)(H,63,78)(H,64,81)(H,68,80)(H,69,77)/t32-,33+,38-,45+,51?/m1/s1. The van der Waals surface area contributed by atoms with E-state index in [1.54, 1.807) is 42.5 Å². The summed E-state index contributed by atoms with van der Waals surface area (Å²) in [5.41, 5.74) is 0.906. The van der Waals surface area contributed by atoms with E-state index in [2.05, 4.69) is 46.1 Å². The van der Waals surface area contributed by atoms with Crippen molar-refractivity contribution in [3.8, 4) is 21.6 Å². The Bertz CT molecular complexity index is 3240. The number of aromatic amines is 1. The van der Waals surface area contributed by atoms with E-state index in [4.69, 9.17) is 0 Å². The third-order valence-corrected chi connectivity index (χ3v) is 16.3. The zero-order chi connectivity index (χ0) is 60.1. The number of nitrogens with one attached hydrogen (secondary N) is 5. The lowest BCUT2D eigenvalue weighted by molar-refractivity contribution is -0.144. The average Bonchev–Trinajstić information content (AvgIpc) is 3.81. The predicted octanol–water partition coefficient (Wildman–Crippen LogP) is 4.95. The summed E-state index contributed by atoms with van der Waals surface area (Å²) < 4.78 is 58.2. The molecule has 3 fully saturated rings. The molecule has 5 atom stereocenters. The molecule has 6 amide bonds. The van der Waals surface area contributed by atoms with E-state index in [0.29, 0.717) is 38.4 Å². The molecular formula is C57H69F4N13O8S. The number of halogens is 4. The Hall–Kier alpha value is -7.84. The second-order valence-corrected chi connectivity index (χ2v) is 23.2. The Morgan fingerprint density at radius 2 is 1.52 bits per heavy atom. The molecule has 3 aliphatic heterocycles. The van der Waals surface area contributed by atoms with Crippen LogP contribution < -0.4 is 36.6 Å². The number of amides is 6. The molecule has 6 heterocycles. The fourth-order valence-electron chi connectivity index (χ4n) is 10.4. The molecular weight excluding hydrogens is 1100 g/mol. The fraction of sp³-hybridized carbons (Fsp3) is 0.474. The van der Waals surface area contributed by atoms with Gasteiger partial charge in [0.25, 0.3) is 5.91 Å². The molecule has 0 bridgehead atoms. The highest BCUT2D eigenvalue weighted by Crippen LogP contribution is 2.38. The zero-order valence-corrected chi connectivity index (χ0v) is 48.0. The number of β-amino-alcohol motifs (C(OH)–C–C–N with tert-alkyl or cyclic N) is 1. The molecule has 2 aromatic carbocycles. The molecule has 5 aromatic rings. The van der Waals surface area contributed by atoms with Crippen LogP contribution in [0.1, 0.15) is 87.5 Å². The molecule has 3 saturated heterocycles. The van der Waals surface area contributed by atoms with Gasteiger partial charge in [-0.05, 0) is 56.5 Å². The Labute approximate surface area is 481 Å². The first kappa shape index (κ1) is 61.2. The molecule has 8 rings (SSSR count). The molecule has 21 nitrogen and oxygen atoms in total. The number of piperazine rings is 2. The molecule has 0 saturated carbocycles. The number of carbonyl (C=O) groups is 6. The SMILES string of the molecule is Cc1ncsc1-c1ccc(CNC(=O)[C@@H]2C[C@@H](O)CN2C(=O)C(NC(=O)CCNC(=O)CCC(=O)N2CCN(c3ncc(-c4cc(NC(=O)c5c[nH]c(=O)cc5C(F)(F)F)c(N5C[C@@H](C)N(C)[C@@H](C)C5)cc4F)cn3)CC2)C(C)(C)C)cc1. The number of likely N-dealkylation sites (tertiary alicyclic amines) is 1. The number of pyridine rings is 1. The van der Waals surface area contributed by atoms with E-state index in [0.717, 1.165) is 21.7 Å². The maximum absolute atomic E-state index is 16.2. The van der Waals surface area contributed by atoms with Gasteiger partial charge in [0.1, 0.15) is 17.9 Å². The Morgan fingerprint density at radius 1 is 0.843 bits per heavy atom. The number of anilines is 3. The minimum absolute atomic E-state index is 0.00271. The molecule has 1 unspecified atom stereocenters. The number of aryl methyl sites for hydroxylation is 1. The van der Waals surface area contributed by atoms with Crippen LogP contribution in [0.15, 0.2) is 71.4 Å². The Morgan fingerprint density at radius 3 is 2.14 bits per heavy atom. The van der Waals surface area contributed by atoms with Gasteiger partial charge in [0.2, 0.25) is 41.0 Å². The number of rotatable bonds is 17. The van der Waals surface area contributed by atoms with Gasteiger partial charge in [0.05, 0.1) is 44.7 Å². The number of thiazole rings is 1. The van der Waals surface area contributed by atoms with E-state index in [9.17, 15) is 51.8 Å². The fourth-order valence-corrected chi connectivity index (χ4v) is 11.2. The van der Waals surface area contributed by atoms with Gasteiger partial charge in [-0.1, -0.05) is 45.0 Å². The maximum Gasteiger partial charge on any atom is 0.417 e. The normalized spacial score (nSPS) is 19.1. The van der Waals surface area contributed by atoms with E-state index in [1.807, 2.05) is 61.9 Å². The number of aliphatic hydroxyl groups is 1. The van der Waals surface area contributed by atoms with Crippen molar-refractivity contribution in [2.75, 3.05) is 74.5 Å². The first-order valence-electron chi connectivity index (χ1n) is 27.3. The Kier molecular flexibility index (Phi) is 19.0. The van der Waals surface area contributed by atoms with Gasteiger partial charge in [-0.2, -0.15) is 13.2 Å². The topological polar surface area (TPSA) is 258 Å². The minimum Gasteiger partial charge on any atom is -0.391 e. The van der Waals surface area contributed by atoms with Gasteiger partial charge < -0.3 is 51.0 Å². The van der Waals surface area contributed by atoms with Gasteiger partial charge in [-0.3, -0.25) is 38.5 Å². The van der Waals surface area contributed by atoms with Crippen molar-refractivity contribution in [2.24, 2.45) is 5.41 Å². The molecule has 6 N–H and O–H groups in total.